The summed E-state index contributed by atoms with van der Waals surface area (Å²) in [6.45, 7) is 1.12. The lowest BCUT2D eigenvalue weighted by atomic mass is 9.93. The van der Waals surface area contributed by atoms with Crippen molar-refractivity contribution in [3.05, 3.63) is 34.3 Å². The van der Waals surface area contributed by atoms with Gasteiger partial charge in [0.25, 0.3) is 0 Å². The third kappa shape index (κ3) is 3.80. The van der Waals surface area contributed by atoms with Gasteiger partial charge in [0, 0.05) is 23.6 Å². The number of benzene rings is 1. The summed E-state index contributed by atoms with van der Waals surface area (Å²) in [5.41, 5.74) is 1.21. The van der Waals surface area contributed by atoms with E-state index in [0.29, 0.717) is 6.10 Å². The van der Waals surface area contributed by atoms with Gasteiger partial charge >= 0.3 is 0 Å². The van der Waals surface area contributed by atoms with Gasteiger partial charge in [-0.15, -0.1) is 0 Å². The fourth-order valence-electron chi connectivity index (χ4n) is 2.38. The van der Waals surface area contributed by atoms with Crippen molar-refractivity contribution >= 4 is 15.9 Å². The maximum Gasteiger partial charge on any atom is 0.0576 e. The van der Waals surface area contributed by atoms with Gasteiger partial charge in [-0.1, -0.05) is 28.1 Å². The average Bonchev–Trinajstić information content (AvgIpc) is 2.83. The van der Waals surface area contributed by atoms with E-state index in [4.69, 9.17) is 4.74 Å². The summed E-state index contributed by atoms with van der Waals surface area (Å²) in [7, 11) is 0. The van der Waals surface area contributed by atoms with Gasteiger partial charge in [-0.3, -0.25) is 0 Å². The van der Waals surface area contributed by atoms with Crippen molar-refractivity contribution in [1.29, 1.82) is 0 Å². The number of rotatable bonds is 5. The predicted octanol–water partition coefficient (Wildman–Crippen LogP) is 3.48. The summed E-state index contributed by atoms with van der Waals surface area (Å²) < 4.78 is 6.69. The molecule has 1 fully saturated rings. The number of hydrogen-bond acceptors (Lipinski definition) is 2. The molecule has 1 saturated heterocycles. The van der Waals surface area contributed by atoms with E-state index in [1.54, 1.807) is 0 Å². The summed E-state index contributed by atoms with van der Waals surface area (Å²) in [4.78, 5) is 0. The van der Waals surface area contributed by atoms with E-state index >= 15 is 0 Å². The minimum absolute atomic E-state index is 0.211. The van der Waals surface area contributed by atoms with Crippen LogP contribution in [0.4, 0.5) is 0 Å². The number of aliphatic hydroxyl groups is 1. The molecule has 1 heterocycles. The first-order valence-corrected chi connectivity index (χ1v) is 7.07. The van der Waals surface area contributed by atoms with Gasteiger partial charge in [0.15, 0.2) is 0 Å². The molecule has 0 aromatic heterocycles. The second kappa shape index (κ2) is 6.53. The van der Waals surface area contributed by atoms with Crippen molar-refractivity contribution in [1.82, 2.24) is 0 Å². The van der Waals surface area contributed by atoms with Crippen molar-refractivity contribution < 1.29 is 9.84 Å². The van der Waals surface area contributed by atoms with E-state index < -0.39 is 0 Å². The van der Waals surface area contributed by atoms with E-state index in [9.17, 15) is 5.11 Å². The van der Waals surface area contributed by atoms with Gasteiger partial charge in [-0.2, -0.15) is 0 Å². The molecule has 0 radical (unpaired) electrons. The molecule has 1 aliphatic rings. The Morgan fingerprint density at radius 2 is 2.35 bits per heavy atom. The fourth-order valence-corrected chi connectivity index (χ4v) is 2.80. The van der Waals surface area contributed by atoms with Gasteiger partial charge in [-0.05, 0) is 43.4 Å². The quantitative estimate of drug-likeness (QED) is 0.902. The average molecular weight is 299 g/mol. The summed E-state index contributed by atoms with van der Waals surface area (Å²) in [5, 5.41) is 9.49. The number of hydrogen-bond donors (Lipinski definition) is 1. The minimum atomic E-state index is 0.211. The molecule has 1 aromatic carbocycles. The van der Waals surface area contributed by atoms with Gasteiger partial charge in [0.2, 0.25) is 0 Å². The number of aliphatic hydroxyl groups excluding tert-OH is 1. The van der Waals surface area contributed by atoms with Crippen LogP contribution < -0.4 is 0 Å². The minimum Gasteiger partial charge on any atom is -0.396 e. The van der Waals surface area contributed by atoms with E-state index in [0.717, 1.165) is 23.9 Å². The van der Waals surface area contributed by atoms with E-state index in [2.05, 4.69) is 28.1 Å². The maximum absolute atomic E-state index is 9.49. The molecule has 2 rings (SSSR count). The molecular formula is C14H19BrO2. The smallest absolute Gasteiger partial charge is 0.0576 e. The molecular weight excluding hydrogens is 280 g/mol. The molecule has 1 aliphatic heterocycles. The molecule has 0 saturated carbocycles. The summed E-state index contributed by atoms with van der Waals surface area (Å²) in [5.74, 6) is 0.233. The third-order valence-corrected chi connectivity index (χ3v) is 3.89. The Morgan fingerprint density at radius 1 is 1.47 bits per heavy atom. The Labute approximate surface area is 111 Å². The van der Waals surface area contributed by atoms with Crippen LogP contribution in [-0.2, 0) is 4.74 Å². The highest BCUT2D eigenvalue weighted by Crippen LogP contribution is 2.27. The fraction of sp³-hybridized carbons (Fsp3) is 0.571. The first-order valence-electron chi connectivity index (χ1n) is 6.27. The molecule has 2 unspecified atom stereocenters. The Bertz CT molecular complexity index is 348. The zero-order valence-electron chi connectivity index (χ0n) is 9.94. The highest BCUT2D eigenvalue weighted by Gasteiger charge is 2.18. The Kier molecular flexibility index (Phi) is 5.01. The molecule has 2 nitrogen and oxygen atoms in total. The first-order chi connectivity index (χ1) is 8.29. The van der Waals surface area contributed by atoms with Crippen LogP contribution >= 0.6 is 15.9 Å². The number of ether oxygens (including phenoxy) is 1. The van der Waals surface area contributed by atoms with E-state index in [-0.39, 0.29) is 12.5 Å². The van der Waals surface area contributed by atoms with Crippen molar-refractivity contribution in [2.45, 2.75) is 37.7 Å². The second-order valence-corrected chi connectivity index (χ2v) is 5.56. The summed E-state index contributed by atoms with van der Waals surface area (Å²) in [6, 6.07) is 8.21. The van der Waals surface area contributed by atoms with Crippen LogP contribution in [0.15, 0.2) is 28.7 Å². The molecule has 0 amide bonds. The standard InChI is InChI=1S/C14H19BrO2/c15-13-4-1-3-11(9-13)12(10-16)6-7-14-5-2-8-17-14/h1,3-4,9,12,14,16H,2,5-8,10H2. The van der Waals surface area contributed by atoms with Crippen LogP contribution in [0.1, 0.15) is 37.2 Å². The van der Waals surface area contributed by atoms with Crippen LogP contribution in [0.2, 0.25) is 0 Å². The molecule has 0 spiro atoms. The summed E-state index contributed by atoms with van der Waals surface area (Å²) >= 11 is 3.47. The predicted molar refractivity (Wildman–Crippen MR) is 72.2 cm³/mol. The molecule has 3 heteroatoms. The Morgan fingerprint density at radius 3 is 3.00 bits per heavy atom. The van der Waals surface area contributed by atoms with Crippen LogP contribution in [-0.4, -0.2) is 24.4 Å². The monoisotopic (exact) mass is 298 g/mol. The molecule has 17 heavy (non-hydrogen) atoms. The van der Waals surface area contributed by atoms with Crippen molar-refractivity contribution in [2.75, 3.05) is 13.2 Å². The maximum atomic E-state index is 9.49. The Hall–Kier alpha value is -0.380. The van der Waals surface area contributed by atoms with Gasteiger partial charge in [0.05, 0.1) is 6.10 Å². The SMILES string of the molecule is OCC(CCC1CCCO1)c1cccc(Br)c1. The lowest BCUT2D eigenvalue weighted by molar-refractivity contribution is 0.0981. The lowest BCUT2D eigenvalue weighted by Crippen LogP contribution is -2.10. The van der Waals surface area contributed by atoms with Gasteiger partial charge in [0.1, 0.15) is 0 Å². The lowest BCUT2D eigenvalue weighted by Gasteiger charge is -2.17. The second-order valence-electron chi connectivity index (χ2n) is 4.65. The Balaban J connectivity index is 1.91. The molecule has 1 N–H and O–H groups in total. The van der Waals surface area contributed by atoms with Gasteiger partial charge in [-0.25, -0.2) is 0 Å². The molecule has 0 aliphatic carbocycles. The third-order valence-electron chi connectivity index (χ3n) is 3.40. The highest BCUT2D eigenvalue weighted by molar-refractivity contribution is 9.10. The first kappa shape index (κ1) is 13.1. The zero-order chi connectivity index (χ0) is 12.1. The van der Waals surface area contributed by atoms with Crippen LogP contribution in [0.3, 0.4) is 0 Å². The molecule has 94 valence electrons. The molecule has 0 bridgehead atoms. The van der Waals surface area contributed by atoms with Crippen molar-refractivity contribution in [2.24, 2.45) is 0 Å². The summed E-state index contributed by atoms with van der Waals surface area (Å²) in [6.07, 6.45) is 4.83. The molecule has 2 atom stereocenters. The van der Waals surface area contributed by atoms with Crippen LogP contribution in [0, 0.1) is 0 Å². The van der Waals surface area contributed by atoms with E-state index in [1.165, 1.54) is 18.4 Å². The normalized spacial score (nSPS) is 21.6. The van der Waals surface area contributed by atoms with E-state index in [1.807, 2.05) is 12.1 Å². The molecule has 1 aromatic rings. The topological polar surface area (TPSA) is 29.5 Å². The zero-order valence-corrected chi connectivity index (χ0v) is 11.5. The number of halogens is 1. The van der Waals surface area contributed by atoms with Crippen LogP contribution in [0.5, 0.6) is 0 Å². The van der Waals surface area contributed by atoms with Crippen molar-refractivity contribution in [3.8, 4) is 0 Å². The van der Waals surface area contributed by atoms with Gasteiger partial charge < -0.3 is 9.84 Å². The van der Waals surface area contributed by atoms with Crippen molar-refractivity contribution in [3.63, 3.8) is 0 Å². The largest absolute Gasteiger partial charge is 0.396 e. The highest BCUT2D eigenvalue weighted by atomic mass is 79.9. The van der Waals surface area contributed by atoms with Crippen LogP contribution in [0.25, 0.3) is 0 Å².